The average Bonchev–Trinajstić information content (AvgIpc) is 3.56. The van der Waals surface area contributed by atoms with E-state index in [0.29, 0.717) is 3.63 Å². The number of hydrogen-bond donors (Lipinski definition) is 0. The van der Waals surface area contributed by atoms with E-state index in [1.54, 1.807) is 17.6 Å². The molecule has 2 aliphatic rings. The third-order valence-corrected chi connectivity index (χ3v) is 18.5. The number of halogens is 4. The third-order valence-electron chi connectivity index (χ3n) is 9.22. The molecule has 0 radical (unpaired) electrons. The fourth-order valence-electron chi connectivity index (χ4n) is 7.40. The van der Waals surface area contributed by atoms with Gasteiger partial charge >= 0.3 is 291 Å². The van der Waals surface area contributed by atoms with Gasteiger partial charge in [-0.25, -0.2) is 0 Å². The molecule has 0 atom stereocenters. The van der Waals surface area contributed by atoms with Crippen LogP contribution in [0, 0.1) is 13.8 Å². The summed E-state index contributed by atoms with van der Waals surface area (Å²) in [5.74, 6) is 0. The molecule has 0 spiro atoms. The van der Waals surface area contributed by atoms with E-state index in [-0.39, 0.29) is 35.6 Å². The third kappa shape index (κ3) is 7.16. The predicted molar refractivity (Wildman–Crippen MR) is 194 cm³/mol. The summed E-state index contributed by atoms with van der Waals surface area (Å²) in [7, 11) is 0. The minimum absolute atomic E-state index is 0. The van der Waals surface area contributed by atoms with Gasteiger partial charge in [-0.1, -0.05) is 0 Å². The summed E-state index contributed by atoms with van der Waals surface area (Å²) in [5, 5.41) is 0. The van der Waals surface area contributed by atoms with E-state index in [0.717, 1.165) is 15.4 Å². The van der Waals surface area contributed by atoms with Crippen LogP contribution < -0.4 is 24.8 Å². The van der Waals surface area contributed by atoms with Crippen molar-refractivity contribution in [1.29, 1.82) is 0 Å². The second kappa shape index (κ2) is 14.3. The summed E-state index contributed by atoms with van der Waals surface area (Å²) in [4.78, 5) is 0. The summed E-state index contributed by atoms with van der Waals surface area (Å²) in [6.45, 7) is 18.8. The van der Waals surface area contributed by atoms with E-state index in [9.17, 15) is 0 Å². The van der Waals surface area contributed by atoms with Crippen LogP contribution in [0.25, 0.3) is 11.1 Å². The molecule has 238 valence electrons. The molecule has 0 saturated heterocycles. The van der Waals surface area contributed by atoms with Crippen LogP contribution in [0.1, 0.15) is 96.1 Å². The second-order valence-electron chi connectivity index (χ2n) is 14.6. The van der Waals surface area contributed by atoms with Crippen molar-refractivity contribution in [2.75, 3.05) is 0 Å². The quantitative estimate of drug-likeness (QED) is 0.229. The summed E-state index contributed by atoms with van der Waals surface area (Å²) in [5.41, 5.74) is 14.6. The summed E-state index contributed by atoms with van der Waals surface area (Å²) in [6.07, 6.45) is 8.19. The number of fused-ring (bicyclic) bond motifs is 3. The molecule has 4 aromatic rings. The molecule has 5 heteroatoms. The SMILES string of the molecule is Cc1cc2c(cc1C(C)(C)C)-c1cc(C(C)(C)C)c(C)cc1[CH]2[Zr+2]([C]1=CC=CC1)=[C](c1cccc(Br)c1)c1cccc(Br)c1.[Cl-].[Cl-]. The monoisotopic (exact) mass is 852 g/mol. The molecule has 0 fully saturated rings. The predicted octanol–water partition coefficient (Wildman–Crippen LogP) is 6.23. The van der Waals surface area contributed by atoms with Crippen LogP contribution in [0.4, 0.5) is 0 Å². The van der Waals surface area contributed by atoms with Gasteiger partial charge in [0.15, 0.2) is 0 Å². The molecule has 0 saturated carbocycles. The molecule has 0 N–H and O–H groups in total. The Kier molecular flexibility index (Phi) is 11.6. The Morgan fingerprint density at radius 3 is 1.50 bits per heavy atom. The van der Waals surface area contributed by atoms with Gasteiger partial charge in [-0.2, -0.15) is 0 Å². The smallest absolute Gasteiger partial charge is 1.00 e. The maximum atomic E-state index is 3.83. The molecular formula is C41H42Br2Cl2Zr. The first-order chi connectivity index (χ1) is 20.7. The van der Waals surface area contributed by atoms with E-state index in [4.69, 9.17) is 0 Å². The first-order valence-electron chi connectivity index (χ1n) is 15.7. The van der Waals surface area contributed by atoms with Gasteiger partial charge < -0.3 is 24.8 Å². The van der Waals surface area contributed by atoms with E-state index in [1.807, 2.05) is 0 Å². The summed E-state index contributed by atoms with van der Waals surface area (Å²) < 4.78 is 5.90. The van der Waals surface area contributed by atoms with Gasteiger partial charge in [0.1, 0.15) is 0 Å². The molecule has 2 aliphatic carbocycles. The Morgan fingerprint density at radius 2 is 1.13 bits per heavy atom. The number of aryl methyl sites for hydroxylation is 2. The molecule has 6 rings (SSSR count). The Balaban J connectivity index is 0.00000240. The maximum absolute atomic E-state index is 3.83. The van der Waals surface area contributed by atoms with Crippen LogP contribution in [0.3, 0.4) is 0 Å². The standard InChI is InChI=1S/C23H29.C13H8Br2.C5H5.2ClH.Zr/c1-14-9-16-11-17-10-15(2)21(23(6,7)8)13-19(17)18(16)12-20(14)22(3,4)5;14-12-5-1-3-10(8-12)7-11-4-2-6-13(15)9-11;1-2-4-5-3-1;;;/h9-13H,1-8H3;1-6,8-9H;1-3H,4H2;2*1H;/q;;;;;+2/p-2. The largest absolute Gasteiger partial charge is 1.00 e. The molecule has 0 aliphatic heterocycles. The van der Waals surface area contributed by atoms with Crippen molar-refractivity contribution in [1.82, 2.24) is 0 Å². The van der Waals surface area contributed by atoms with Crippen molar-refractivity contribution < 1.29 is 46.1 Å². The zero-order valence-corrected chi connectivity index (χ0v) is 35.1. The van der Waals surface area contributed by atoms with Crippen LogP contribution in [0.15, 0.2) is 103 Å². The van der Waals surface area contributed by atoms with Crippen molar-refractivity contribution >= 4 is 35.1 Å². The Bertz CT molecular complexity index is 1780. The molecule has 0 heterocycles. The Morgan fingerprint density at radius 1 is 0.674 bits per heavy atom. The van der Waals surface area contributed by atoms with Crippen molar-refractivity contribution in [3.8, 4) is 11.1 Å². The topological polar surface area (TPSA) is 0 Å². The fraction of sp³-hybridized carbons (Fsp3) is 0.293. The van der Waals surface area contributed by atoms with Crippen molar-refractivity contribution in [2.24, 2.45) is 0 Å². The van der Waals surface area contributed by atoms with Gasteiger partial charge in [0.05, 0.1) is 0 Å². The van der Waals surface area contributed by atoms with Crippen LogP contribution in [-0.2, 0) is 32.1 Å². The van der Waals surface area contributed by atoms with E-state index in [2.05, 4.69) is 178 Å². The van der Waals surface area contributed by atoms with E-state index >= 15 is 0 Å². The molecule has 0 amide bonds. The normalized spacial score (nSPS) is 13.6. The first-order valence-corrected chi connectivity index (χ1v) is 21.1. The molecule has 0 bridgehead atoms. The molecule has 0 unspecified atom stereocenters. The van der Waals surface area contributed by atoms with Gasteiger partial charge in [0, 0.05) is 0 Å². The average molecular weight is 857 g/mol. The summed E-state index contributed by atoms with van der Waals surface area (Å²) in [6, 6.07) is 28.3. The van der Waals surface area contributed by atoms with E-state index in [1.165, 1.54) is 44.5 Å². The van der Waals surface area contributed by atoms with Crippen molar-refractivity contribution in [3.63, 3.8) is 0 Å². The minimum Gasteiger partial charge on any atom is -1.00 e. The van der Waals surface area contributed by atoms with Gasteiger partial charge in [-0.05, 0) is 0 Å². The Hall–Kier alpha value is -1.35. The number of allylic oxidation sites excluding steroid dienone is 4. The molecule has 0 aromatic heterocycles. The second-order valence-corrected chi connectivity index (χ2v) is 22.7. The number of benzene rings is 4. The van der Waals surface area contributed by atoms with Crippen molar-refractivity contribution in [3.05, 3.63) is 148 Å². The Labute approximate surface area is 313 Å². The zero-order valence-electron chi connectivity index (χ0n) is 28.0. The molecule has 46 heavy (non-hydrogen) atoms. The van der Waals surface area contributed by atoms with Gasteiger partial charge in [0.2, 0.25) is 0 Å². The summed E-state index contributed by atoms with van der Waals surface area (Å²) >= 11 is 4.89. The minimum atomic E-state index is -2.76. The van der Waals surface area contributed by atoms with E-state index < -0.39 is 21.3 Å². The van der Waals surface area contributed by atoms with Gasteiger partial charge in [-0.3, -0.25) is 0 Å². The van der Waals surface area contributed by atoms with Crippen LogP contribution in [0.2, 0.25) is 0 Å². The van der Waals surface area contributed by atoms with Crippen LogP contribution in [-0.4, -0.2) is 3.21 Å². The number of rotatable bonds is 4. The molecular weight excluding hydrogens is 814 g/mol. The van der Waals surface area contributed by atoms with Crippen molar-refractivity contribution in [2.45, 2.75) is 76.3 Å². The molecule has 4 aromatic carbocycles. The maximum Gasteiger partial charge on any atom is -1.00 e. The fourth-order valence-corrected chi connectivity index (χ4v) is 17.1. The van der Waals surface area contributed by atoms with Gasteiger partial charge in [0.25, 0.3) is 0 Å². The molecule has 0 nitrogen and oxygen atoms in total. The van der Waals surface area contributed by atoms with Gasteiger partial charge in [-0.15, -0.1) is 0 Å². The van der Waals surface area contributed by atoms with Crippen LogP contribution >= 0.6 is 31.9 Å². The number of hydrogen-bond acceptors (Lipinski definition) is 0. The first kappa shape index (κ1) is 37.5. The zero-order chi connectivity index (χ0) is 31.6. The van der Waals surface area contributed by atoms with Crippen LogP contribution in [0.5, 0.6) is 0 Å².